The van der Waals surface area contributed by atoms with E-state index in [-0.39, 0.29) is 12.5 Å². The lowest BCUT2D eigenvalue weighted by molar-refractivity contribution is -0.116. The summed E-state index contributed by atoms with van der Waals surface area (Å²) in [5, 5.41) is 3.55. The van der Waals surface area contributed by atoms with Gasteiger partial charge in [0.05, 0.1) is 11.0 Å². The SMILES string of the molecule is O=C(Cn1c(C2=CC=NCC2)nc2ccccc21)Nc1ccc(Cl)cc1. The van der Waals surface area contributed by atoms with Crippen molar-refractivity contribution < 1.29 is 4.79 Å². The van der Waals surface area contributed by atoms with Gasteiger partial charge in [-0.3, -0.25) is 9.79 Å². The Balaban J connectivity index is 1.66. The van der Waals surface area contributed by atoms with Gasteiger partial charge in [-0.25, -0.2) is 4.98 Å². The molecule has 1 amide bonds. The van der Waals surface area contributed by atoms with Gasteiger partial charge in [0.1, 0.15) is 12.4 Å². The molecule has 0 unspecified atom stereocenters. The second-order valence-electron chi connectivity index (χ2n) is 6.06. The molecule has 2 aromatic carbocycles. The number of fused-ring (bicyclic) bond motifs is 1. The molecule has 26 heavy (non-hydrogen) atoms. The molecule has 130 valence electrons. The smallest absolute Gasteiger partial charge is 0.244 e. The Hall–Kier alpha value is -2.92. The van der Waals surface area contributed by atoms with Crippen LogP contribution in [-0.2, 0) is 11.3 Å². The first-order valence-electron chi connectivity index (χ1n) is 8.41. The number of dihydropyridines is 1. The van der Waals surface area contributed by atoms with E-state index in [4.69, 9.17) is 16.6 Å². The third-order valence-electron chi connectivity index (χ3n) is 4.26. The van der Waals surface area contributed by atoms with Crippen LogP contribution in [0, 0.1) is 0 Å². The van der Waals surface area contributed by atoms with Crippen molar-refractivity contribution in [2.45, 2.75) is 13.0 Å². The number of nitrogens with one attached hydrogen (secondary N) is 1. The molecule has 3 aromatic rings. The number of hydrogen-bond donors (Lipinski definition) is 1. The second-order valence-corrected chi connectivity index (χ2v) is 6.50. The number of allylic oxidation sites excluding steroid dienone is 1. The molecule has 6 heteroatoms. The highest BCUT2D eigenvalue weighted by Crippen LogP contribution is 2.25. The average Bonchev–Trinajstić information content (AvgIpc) is 3.03. The molecule has 1 aliphatic heterocycles. The van der Waals surface area contributed by atoms with Gasteiger partial charge < -0.3 is 9.88 Å². The molecular formula is C20H17ClN4O. The third kappa shape index (κ3) is 3.39. The zero-order chi connectivity index (χ0) is 17.9. The summed E-state index contributed by atoms with van der Waals surface area (Å²) in [7, 11) is 0. The van der Waals surface area contributed by atoms with E-state index >= 15 is 0 Å². The van der Waals surface area contributed by atoms with Crippen molar-refractivity contribution in [3.05, 3.63) is 65.5 Å². The molecule has 0 radical (unpaired) electrons. The van der Waals surface area contributed by atoms with Gasteiger partial charge in [0.25, 0.3) is 0 Å². The molecule has 0 spiro atoms. The van der Waals surface area contributed by atoms with Crippen LogP contribution in [0.15, 0.2) is 59.6 Å². The maximum absolute atomic E-state index is 12.6. The van der Waals surface area contributed by atoms with Crippen molar-refractivity contribution in [1.29, 1.82) is 0 Å². The summed E-state index contributed by atoms with van der Waals surface area (Å²) in [5.74, 6) is 0.713. The molecule has 0 bridgehead atoms. The van der Waals surface area contributed by atoms with Crippen LogP contribution in [0.1, 0.15) is 12.2 Å². The number of nitrogens with zero attached hydrogens (tertiary/aromatic N) is 3. The summed E-state index contributed by atoms with van der Waals surface area (Å²) in [6, 6.07) is 14.9. The number of anilines is 1. The minimum atomic E-state index is -0.109. The minimum Gasteiger partial charge on any atom is -0.325 e. The van der Waals surface area contributed by atoms with Crippen molar-refractivity contribution in [1.82, 2.24) is 9.55 Å². The monoisotopic (exact) mass is 364 g/mol. The van der Waals surface area contributed by atoms with Crippen LogP contribution >= 0.6 is 11.6 Å². The lowest BCUT2D eigenvalue weighted by Gasteiger charge is -2.13. The van der Waals surface area contributed by atoms with E-state index in [1.807, 2.05) is 34.9 Å². The number of carbonyl (C=O) groups is 1. The van der Waals surface area contributed by atoms with Crippen molar-refractivity contribution in [2.75, 3.05) is 11.9 Å². The Morgan fingerprint density at radius 3 is 2.73 bits per heavy atom. The highest BCUT2D eigenvalue weighted by Gasteiger charge is 2.17. The van der Waals surface area contributed by atoms with E-state index in [0.717, 1.165) is 41.1 Å². The Morgan fingerprint density at radius 2 is 1.96 bits per heavy atom. The molecule has 4 rings (SSSR count). The van der Waals surface area contributed by atoms with E-state index in [2.05, 4.69) is 10.3 Å². The van der Waals surface area contributed by atoms with Crippen molar-refractivity contribution in [3.63, 3.8) is 0 Å². The Bertz CT molecular complexity index is 1020. The van der Waals surface area contributed by atoms with Crippen LogP contribution in [0.2, 0.25) is 5.02 Å². The van der Waals surface area contributed by atoms with E-state index in [9.17, 15) is 4.79 Å². The lowest BCUT2D eigenvalue weighted by atomic mass is 10.1. The summed E-state index contributed by atoms with van der Waals surface area (Å²) in [4.78, 5) is 21.6. The number of imidazole rings is 1. The molecule has 2 heterocycles. The zero-order valence-corrected chi connectivity index (χ0v) is 14.8. The van der Waals surface area contributed by atoms with Gasteiger partial charge >= 0.3 is 0 Å². The summed E-state index contributed by atoms with van der Waals surface area (Å²) >= 11 is 5.89. The number of halogens is 1. The number of para-hydroxylation sites is 2. The Morgan fingerprint density at radius 1 is 1.15 bits per heavy atom. The maximum atomic E-state index is 12.6. The fourth-order valence-electron chi connectivity index (χ4n) is 3.03. The number of benzene rings is 2. The number of aliphatic imine (C=N–C) groups is 1. The van der Waals surface area contributed by atoms with Gasteiger partial charge in [-0.05, 0) is 54.5 Å². The van der Waals surface area contributed by atoms with Crippen LogP contribution in [-0.4, -0.2) is 28.2 Å². The van der Waals surface area contributed by atoms with E-state index in [1.54, 1.807) is 30.5 Å². The summed E-state index contributed by atoms with van der Waals surface area (Å²) in [6.45, 7) is 0.930. The van der Waals surface area contributed by atoms with Gasteiger partial charge in [0.15, 0.2) is 0 Å². The summed E-state index contributed by atoms with van der Waals surface area (Å²) in [5.41, 5.74) is 3.63. The zero-order valence-electron chi connectivity index (χ0n) is 14.0. The second kappa shape index (κ2) is 7.14. The fourth-order valence-corrected chi connectivity index (χ4v) is 3.16. The highest BCUT2D eigenvalue weighted by molar-refractivity contribution is 6.30. The van der Waals surface area contributed by atoms with Gasteiger partial charge in [-0.2, -0.15) is 0 Å². The standard InChI is InChI=1S/C20H17ClN4O/c21-15-5-7-16(8-6-15)23-19(26)13-25-18-4-2-1-3-17(18)24-20(25)14-9-11-22-12-10-14/h1-9,11H,10,12-13H2,(H,23,26). The molecule has 1 N–H and O–H groups in total. The average molecular weight is 365 g/mol. The van der Waals surface area contributed by atoms with E-state index in [0.29, 0.717) is 5.02 Å². The van der Waals surface area contributed by atoms with Crippen LogP contribution in [0.4, 0.5) is 5.69 Å². The van der Waals surface area contributed by atoms with E-state index in [1.165, 1.54) is 0 Å². The van der Waals surface area contributed by atoms with Gasteiger partial charge in [0, 0.05) is 23.5 Å². The van der Waals surface area contributed by atoms with Crippen LogP contribution in [0.3, 0.4) is 0 Å². The lowest BCUT2D eigenvalue weighted by Crippen LogP contribution is -2.20. The predicted molar refractivity (Wildman–Crippen MR) is 106 cm³/mol. The first-order chi connectivity index (χ1) is 12.7. The molecular weight excluding hydrogens is 348 g/mol. The van der Waals surface area contributed by atoms with Gasteiger partial charge in [-0.1, -0.05) is 23.7 Å². The number of aromatic nitrogens is 2. The molecule has 1 aliphatic rings. The summed E-state index contributed by atoms with van der Waals surface area (Å²) < 4.78 is 1.96. The molecule has 0 saturated heterocycles. The number of amides is 1. The number of hydrogen-bond acceptors (Lipinski definition) is 3. The molecule has 1 aromatic heterocycles. The first kappa shape index (κ1) is 16.5. The minimum absolute atomic E-state index is 0.109. The molecule has 0 saturated carbocycles. The number of carbonyl (C=O) groups excluding carboxylic acids is 1. The fraction of sp³-hybridized carbons (Fsp3) is 0.150. The van der Waals surface area contributed by atoms with Crippen molar-refractivity contribution in [3.8, 4) is 0 Å². The molecule has 0 aliphatic carbocycles. The highest BCUT2D eigenvalue weighted by atomic mass is 35.5. The normalized spacial score (nSPS) is 13.7. The topological polar surface area (TPSA) is 59.3 Å². The van der Waals surface area contributed by atoms with Gasteiger partial charge in [0.2, 0.25) is 5.91 Å². The van der Waals surface area contributed by atoms with Gasteiger partial charge in [-0.15, -0.1) is 0 Å². The Labute approximate surface area is 156 Å². The van der Waals surface area contributed by atoms with Crippen LogP contribution in [0.5, 0.6) is 0 Å². The van der Waals surface area contributed by atoms with Crippen molar-refractivity contribution >= 4 is 46.0 Å². The van der Waals surface area contributed by atoms with Crippen LogP contribution in [0.25, 0.3) is 16.6 Å². The van der Waals surface area contributed by atoms with Crippen LogP contribution < -0.4 is 5.32 Å². The molecule has 5 nitrogen and oxygen atoms in total. The van der Waals surface area contributed by atoms with E-state index < -0.39 is 0 Å². The Kier molecular flexibility index (Phi) is 4.54. The largest absolute Gasteiger partial charge is 0.325 e. The maximum Gasteiger partial charge on any atom is 0.244 e. The first-order valence-corrected chi connectivity index (χ1v) is 8.78. The molecule has 0 atom stereocenters. The van der Waals surface area contributed by atoms with Crippen molar-refractivity contribution in [2.24, 2.45) is 4.99 Å². The predicted octanol–water partition coefficient (Wildman–Crippen LogP) is 4.19. The summed E-state index contributed by atoms with van der Waals surface area (Å²) in [6.07, 6.45) is 4.59. The number of rotatable bonds is 4. The molecule has 0 fully saturated rings. The quantitative estimate of drug-likeness (QED) is 0.754. The third-order valence-corrected chi connectivity index (χ3v) is 4.51.